The molecule has 3 fully saturated rings. The minimum absolute atomic E-state index is 0.243. The molecule has 0 unspecified atom stereocenters. The van der Waals surface area contributed by atoms with E-state index in [1.807, 2.05) is 0 Å². The first-order valence-electron chi connectivity index (χ1n) is 7.70. The zero-order chi connectivity index (χ0) is 14.6. The molecule has 1 spiro atoms. The van der Waals surface area contributed by atoms with E-state index in [1.165, 1.54) is 13.1 Å². The number of H-pyrrole nitrogens is 1. The molecular weight excluding hydrogens is 266 g/mol. The third-order valence-electron chi connectivity index (χ3n) is 5.54. The van der Waals surface area contributed by atoms with Gasteiger partial charge in [0.15, 0.2) is 0 Å². The Morgan fingerprint density at radius 2 is 2.29 bits per heavy atom. The van der Waals surface area contributed by atoms with Gasteiger partial charge in [-0.3, -0.25) is 5.10 Å². The van der Waals surface area contributed by atoms with E-state index < -0.39 is 0 Å². The number of quaternary nitrogens is 1. The smallest absolute Gasteiger partial charge is 0.244 e. The van der Waals surface area contributed by atoms with Crippen LogP contribution in [-0.4, -0.2) is 29.8 Å². The van der Waals surface area contributed by atoms with E-state index in [2.05, 4.69) is 23.2 Å². The number of aromatic amines is 1. The molecule has 110 valence electrons. The maximum atomic E-state index is 9.73. The maximum absolute atomic E-state index is 9.73. The molecule has 6 nitrogen and oxygen atoms in total. The Hall–Kier alpha value is -2.00. The molecule has 4 aliphatic heterocycles. The second kappa shape index (κ2) is 4.25. The molecule has 2 bridgehead atoms. The summed E-state index contributed by atoms with van der Waals surface area (Å²) in [5, 5.41) is 17.1. The van der Waals surface area contributed by atoms with Crippen LogP contribution < -0.4 is 15.4 Å². The molecule has 4 N–H and O–H groups in total. The van der Waals surface area contributed by atoms with Crippen molar-refractivity contribution in [1.82, 2.24) is 10.2 Å². The summed E-state index contributed by atoms with van der Waals surface area (Å²) in [4.78, 5) is 1.56. The van der Waals surface area contributed by atoms with Gasteiger partial charge in [0.1, 0.15) is 11.6 Å². The highest BCUT2D eigenvalue weighted by molar-refractivity contribution is 5.55. The lowest BCUT2D eigenvalue weighted by molar-refractivity contribution is -0.921. The monoisotopic (exact) mass is 286 g/mol. The normalized spacial score (nSPS) is 33.7. The van der Waals surface area contributed by atoms with Gasteiger partial charge in [-0.25, -0.2) is 0 Å². The number of hydrogen-bond donors (Lipinski definition) is 3. The summed E-state index contributed by atoms with van der Waals surface area (Å²) in [5.41, 5.74) is 8.56. The number of nitrogens with zero attached hydrogens (tertiary/aromatic N) is 2. The molecule has 21 heavy (non-hydrogen) atoms. The maximum Gasteiger partial charge on any atom is 0.244 e. The van der Waals surface area contributed by atoms with Gasteiger partial charge >= 0.3 is 0 Å². The molecule has 0 saturated carbocycles. The minimum atomic E-state index is -0.295. The van der Waals surface area contributed by atoms with Crippen LogP contribution in [0.1, 0.15) is 31.0 Å². The van der Waals surface area contributed by atoms with Gasteiger partial charge in [0.05, 0.1) is 30.6 Å². The molecule has 1 aromatic rings. The molecule has 3 saturated heterocycles. The fourth-order valence-corrected chi connectivity index (χ4v) is 4.62. The Kier molecular flexibility index (Phi) is 2.57. The number of rotatable bonds is 1. The van der Waals surface area contributed by atoms with E-state index in [-0.39, 0.29) is 11.3 Å². The number of piperidine rings is 3. The van der Waals surface area contributed by atoms with Crippen LogP contribution in [0.15, 0.2) is 11.5 Å². The molecule has 0 radical (unpaired) electrons. The van der Waals surface area contributed by atoms with Crippen molar-refractivity contribution >= 4 is 0 Å². The van der Waals surface area contributed by atoms with Crippen molar-refractivity contribution in [1.29, 1.82) is 5.26 Å². The molecule has 6 heteroatoms. The minimum Gasteiger partial charge on any atom is -0.420 e. The van der Waals surface area contributed by atoms with Crippen molar-refractivity contribution in [2.45, 2.75) is 31.6 Å². The fraction of sp³-hybridized carbons (Fsp3) is 0.600. The lowest BCUT2D eigenvalue weighted by atomic mass is 9.58. The summed E-state index contributed by atoms with van der Waals surface area (Å²) in [6, 6.07) is 2.36. The second-order valence-electron chi connectivity index (χ2n) is 6.36. The van der Waals surface area contributed by atoms with Crippen molar-refractivity contribution in [2.75, 3.05) is 19.6 Å². The van der Waals surface area contributed by atoms with Crippen LogP contribution in [0, 0.1) is 17.2 Å². The highest BCUT2D eigenvalue weighted by atomic mass is 16.5. The summed E-state index contributed by atoms with van der Waals surface area (Å²) in [6.07, 6.45) is 3.14. The zero-order valence-corrected chi connectivity index (χ0v) is 12.2. The van der Waals surface area contributed by atoms with Crippen molar-refractivity contribution in [3.05, 3.63) is 22.7 Å². The Balaban J connectivity index is 1.99. The fourth-order valence-electron chi connectivity index (χ4n) is 4.62. The standard InChI is InChI=1S/C15H19N5O/c1-2-11-12-14(19-18-11)21-13(17)10(7-16)15(12)8-20-5-3-9(15)4-6-20/h9H,2-6,8,17H2,1H3,(H,18,19)/p+1/t15-/m1/s1. The molecule has 0 amide bonds. The number of nitrogens with one attached hydrogen (secondary N) is 2. The predicted molar refractivity (Wildman–Crippen MR) is 75.4 cm³/mol. The number of aryl methyl sites for hydroxylation is 1. The van der Waals surface area contributed by atoms with Crippen LogP contribution in [0.3, 0.4) is 0 Å². The summed E-state index contributed by atoms with van der Waals surface area (Å²) >= 11 is 0. The van der Waals surface area contributed by atoms with Crippen LogP contribution in [0.5, 0.6) is 5.88 Å². The van der Waals surface area contributed by atoms with Crippen LogP contribution in [0.2, 0.25) is 0 Å². The van der Waals surface area contributed by atoms with Crippen molar-refractivity contribution in [3.63, 3.8) is 0 Å². The number of fused-ring (bicyclic) bond motifs is 3. The third kappa shape index (κ3) is 1.47. The van der Waals surface area contributed by atoms with E-state index >= 15 is 0 Å². The van der Waals surface area contributed by atoms with Crippen molar-refractivity contribution in [2.24, 2.45) is 11.7 Å². The Bertz CT molecular complexity index is 662. The predicted octanol–water partition coefficient (Wildman–Crippen LogP) is -0.395. The first-order chi connectivity index (χ1) is 10.2. The van der Waals surface area contributed by atoms with E-state index in [9.17, 15) is 5.26 Å². The van der Waals surface area contributed by atoms with Crippen LogP contribution in [0.4, 0.5) is 0 Å². The van der Waals surface area contributed by atoms with E-state index in [4.69, 9.17) is 10.5 Å². The second-order valence-corrected chi connectivity index (χ2v) is 6.36. The third-order valence-corrected chi connectivity index (χ3v) is 5.54. The number of nitrogens with two attached hydrogens (primary N) is 1. The first-order valence-corrected chi connectivity index (χ1v) is 7.70. The van der Waals surface area contributed by atoms with Gasteiger partial charge in [0.25, 0.3) is 0 Å². The highest BCUT2D eigenvalue weighted by Gasteiger charge is 2.58. The number of hydrogen-bond acceptors (Lipinski definition) is 4. The van der Waals surface area contributed by atoms with Crippen molar-refractivity contribution in [3.8, 4) is 11.9 Å². The molecule has 5 rings (SSSR count). The van der Waals surface area contributed by atoms with Gasteiger partial charge in [-0.05, 0) is 12.3 Å². The summed E-state index contributed by atoms with van der Waals surface area (Å²) in [6.45, 7) is 5.43. The summed E-state index contributed by atoms with van der Waals surface area (Å²) < 4.78 is 5.64. The first kappa shape index (κ1) is 12.7. The SMILES string of the molecule is CCc1[nH]nc2c1[C@@]1(C[NH+]3CCC1CC3)C(C#N)=C(N)O2. The Morgan fingerprint density at radius 3 is 2.86 bits per heavy atom. The zero-order valence-electron chi connectivity index (χ0n) is 12.2. The van der Waals surface area contributed by atoms with Gasteiger partial charge in [-0.15, -0.1) is 5.10 Å². The topological polar surface area (TPSA) is 92.2 Å². The molecular formula is C15H20N5O+. The number of ether oxygens (including phenoxy) is 1. The van der Waals surface area contributed by atoms with Gasteiger partial charge in [-0.2, -0.15) is 5.26 Å². The van der Waals surface area contributed by atoms with E-state index in [1.54, 1.807) is 4.90 Å². The molecule has 1 aromatic heterocycles. The average Bonchev–Trinajstić information content (AvgIpc) is 2.92. The van der Waals surface area contributed by atoms with Gasteiger partial charge in [0.2, 0.25) is 11.8 Å². The van der Waals surface area contributed by atoms with Crippen molar-refractivity contribution < 1.29 is 9.64 Å². The van der Waals surface area contributed by atoms with Gasteiger partial charge < -0.3 is 15.4 Å². The number of aromatic nitrogens is 2. The average molecular weight is 286 g/mol. The van der Waals surface area contributed by atoms with Crippen LogP contribution >= 0.6 is 0 Å². The van der Waals surface area contributed by atoms with Crippen LogP contribution in [-0.2, 0) is 11.8 Å². The summed E-state index contributed by atoms with van der Waals surface area (Å²) in [7, 11) is 0. The number of nitriles is 1. The molecule has 1 atom stereocenters. The van der Waals surface area contributed by atoms with E-state index in [0.717, 1.165) is 37.1 Å². The summed E-state index contributed by atoms with van der Waals surface area (Å²) in [5.74, 6) is 1.29. The van der Waals surface area contributed by atoms with E-state index in [0.29, 0.717) is 17.4 Å². The largest absolute Gasteiger partial charge is 0.420 e. The lowest BCUT2D eigenvalue weighted by Gasteiger charge is -2.51. The van der Waals surface area contributed by atoms with Crippen LogP contribution in [0.25, 0.3) is 0 Å². The van der Waals surface area contributed by atoms with Gasteiger partial charge in [-0.1, -0.05) is 6.92 Å². The quantitative estimate of drug-likeness (QED) is 0.655. The van der Waals surface area contributed by atoms with Gasteiger partial charge in [0, 0.05) is 18.5 Å². The Morgan fingerprint density at radius 1 is 1.52 bits per heavy atom. The molecule has 5 heterocycles. The molecule has 0 aromatic carbocycles. The molecule has 4 aliphatic rings. The Labute approximate surface area is 123 Å². The lowest BCUT2D eigenvalue weighted by Crippen LogP contribution is -3.17. The molecule has 0 aliphatic carbocycles. The highest BCUT2D eigenvalue weighted by Crippen LogP contribution is 2.51.